The van der Waals surface area contributed by atoms with Crippen molar-refractivity contribution < 1.29 is 14.3 Å². The lowest BCUT2D eigenvalue weighted by Gasteiger charge is -2.09. The number of ether oxygens (including phenoxy) is 2. The Morgan fingerprint density at radius 3 is 3.00 bits per heavy atom. The van der Waals surface area contributed by atoms with Crippen LogP contribution in [0.3, 0.4) is 0 Å². The average Bonchev–Trinajstić information content (AvgIpc) is 2.63. The molecule has 0 fully saturated rings. The summed E-state index contributed by atoms with van der Waals surface area (Å²) in [6.07, 6.45) is 0.896. The number of carbonyl (C=O) groups excluding carboxylic acids is 1. The summed E-state index contributed by atoms with van der Waals surface area (Å²) in [5.41, 5.74) is 1.74. The molecule has 0 spiro atoms. The van der Waals surface area contributed by atoms with Gasteiger partial charge in [0.05, 0.1) is 18.8 Å². The molecule has 0 N–H and O–H groups in total. The zero-order valence-electron chi connectivity index (χ0n) is 9.00. The number of fused-ring (bicyclic) bond motifs is 1. The van der Waals surface area contributed by atoms with Crippen LogP contribution in [0.4, 0.5) is 0 Å². The normalized spacial score (nSPS) is 13.2. The monoisotopic (exact) mass is 206 g/mol. The summed E-state index contributed by atoms with van der Waals surface area (Å²) in [5.74, 6) is 1.51. The van der Waals surface area contributed by atoms with Crippen molar-refractivity contribution in [3.05, 3.63) is 23.3 Å². The van der Waals surface area contributed by atoms with Crippen LogP contribution in [0.5, 0.6) is 11.5 Å². The van der Waals surface area contributed by atoms with Crippen LogP contribution in [0.25, 0.3) is 0 Å². The first kappa shape index (κ1) is 10.0. The fourth-order valence-electron chi connectivity index (χ4n) is 1.75. The minimum Gasteiger partial charge on any atom is -0.493 e. The van der Waals surface area contributed by atoms with E-state index in [-0.39, 0.29) is 5.78 Å². The van der Waals surface area contributed by atoms with Crippen LogP contribution >= 0.6 is 0 Å². The highest BCUT2D eigenvalue weighted by molar-refractivity contribution is 5.97. The van der Waals surface area contributed by atoms with Crippen molar-refractivity contribution in [3.63, 3.8) is 0 Å². The lowest BCUT2D eigenvalue weighted by Crippen LogP contribution is -2.01. The molecule has 0 amide bonds. The van der Waals surface area contributed by atoms with Gasteiger partial charge >= 0.3 is 0 Å². The van der Waals surface area contributed by atoms with Crippen molar-refractivity contribution in [1.29, 1.82) is 0 Å². The molecular formula is C12H14O3. The van der Waals surface area contributed by atoms with Crippen LogP contribution in [0, 0.1) is 0 Å². The summed E-state index contributed by atoms with van der Waals surface area (Å²) in [7, 11) is 0. The van der Waals surface area contributed by atoms with Gasteiger partial charge in [-0.2, -0.15) is 0 Å². The number of benzene rings is 1. The molecule has 15 heavy (non-hydrogen) atoms. The van der Waals surface area contributed by atoms with Crippen molar-refractivity contribution >= 4 is 5.78 Å². The van der Waals surface area contributed by atoms with Gasteiger partial charge in [-0.15, -0.1) is 0 Å². The van der Waals surface area contributed by atoms with E-state index in [4.69, 9.17) is 9.47 Å². The SMILES string of the molecule is CCOc1cc2c(cc1C(C)=O)OCC2. The number of hydrogen-bond donors (Lipinski definition) is 0. The minimum atomic E-state index is 0.0109. The standard InChI is InChI=1S/C12H14O3/c1-3-14-12-6-9-4-5-15-11(9)7-10(12)8(2)13/h6-7H,3-5H2,1-2H3. The van der Waals surface area contributed by atoms with Crippen LogP contribution < -0.4 is 9.47 Å². The highest BCUT2D eigenvalue weighted by Gasteiger charge is 2.18. The molecule has 0 saturated carbocycles. The van der Waals surface area contributed by atoms with Gasteiger partial charge in [0.15, 0.2) is 5.78 Å². The van der Waals surface area contributed by atoms with E-state index in [1.807, 2.05) is 13.0 Å². The Bertz CT molecular complexity index is 396. The van der Waals surface area contributed by atoms with Gasteiger partial charge in [0.25, 0.3) is 0 Å². The van der Waals surface area contributed by atoms with Crippen molar-refractivity contribution in [2.45, 2.75) is 20.3 Å². The number of hydrogen-bond acceptors (Lipinski definition) is 3. The largest absolute Gasteiger partial charge is 0.493 e. The van der Waals surface area contributed by atoms with Crippen LogP contribution in [-0.4, -0.2) is 19.0 Å². The molecule has 1 aliphatic rings. The van der Waals surface area contributed by atoms with Crippen LogP contribution in [0.1, 0.15) is 29.8 Å². The summed E-state index contributed by atoms with van der Waals surface area (Å²) < 4.78 is 10.9. The molecule has 0 bridgehead atoms. The Morgan fingerprint density at radius 2 is 2.33 bits per heavy atom. The van der Waals surface area contributed by atoms with E-state index in [1.54, 1.807) is 13.0 Å². The lowest BCUT2D eigenvalue weighted by molar-refractivity contribution is 0.101. The second kappa shape index (κ2) is 3.93. The smallest absolute Gasteiger partial charge is 0.163 e. The van der Waals surface area contributed by atoms with Crippen molar-refractivity contribution in [3.8, 4) is 11.5 Å². The Morgan fingerprint density at radius 1 is 1.53 bits per heavy atom. The van der Waals surface area contributed by atoms with Crippen LogP contribution in [-0.2, 0) is 6.42 Å². The first-order valence-corrected chi connectivity index (χ1v) is 5.16. The summed E-state index contributed by atoms with van der Waals surface area (Å²) >= 11 is 0. The third kappa shape index (κ3) is 1.82. The van der Waals surface area contributed by atoms with Gasteiger partial charge in [0, 0.05) is 12.0 Å². The molecule has 0 saturated heterocycles. The van der Waals surface area contributed by atoms with Gasteiger partial charge in [-0.1, -0.05) is 0 Å². The summed E-state index contributed by atoms with van der Waals surface area (Å²) in [6.45, 7) is 4.72. The molecule has 0 unspecified atom stereocenters. The number of rotatable bonds is 3. The maximum atomic E-state index is 11.4. The lowest BCUT2D eigenvalue weighted by atomic mass is 10.1. The van der Waals surface area contributed by atoms with E-state index in [2.05, 4.69) is 0 Å². The Hall–Kier alpha value is -1.51. The van der Waals surface area contributed by atoms with Crippen molar-refractivity contribution in [2.75, 3.05) is 13.2 Å². The van der Waals surface area contributed by atoms with Crippen molar-refractivity contribution in [2.24, 2.45) is 0 Å². The van der Waals surface area contributed by atoms with Gasteiger partial charge in [-0.3, -0.25) is 4.79 Å². The zero-order chi connectivity index (χ0) is 10.8. The Labute approximate surface area is 89.0 Å². The molecule has 2 rings (SSSR count). The zero-order valence-corrected chi connectivity index (χ0v) is 9.00. The van der Waals surface area contributed by atoms with E-state index >= 15 is 0 Å². The van der Waals surface area contributed by atoms with Gasteiger partial charge < -0.3 is 9.47 Å². The molecule has 0 aliphatic carbocycles. The van der Waals surface area contributed by atoms with Gasteiger partial charge in [-0.05, 0) is 26.0 Å². The molecule has 1 aliphatic heterocycles. The Kier molecular flexibility index (Phi) is 2.62. The first-order valence-electron chi connectivity index (χ1n) is 5.16. The quantitative estimate of drug-likeness (QED) is 0.711. The molecule has 1 heterocycles. The van der Waals surface area contributed by atoms with E-state index < -0.39 is 0 Å². The van der Waals surface area contributed by atoms with Gasteiger partial charge in [0.1, 0.15) is 11.5 Å². The van der Waals surface area contributed by atoms with Crippen molar-refractivity contribution in [1.82, 2.24) is 0 Å². The van der Waals surface area contributed by atoms with Crippen LogP contribution in [0.2, 0.25) is 0 Å². The molecule has 80 valence electrons. The third-order valence-corrected chi connectivity index (χ3v) is 2.47. The minimum absolute atomic E-state index is 0.0109. The van der Waals surface area contributed by atoms with E-state index in [0.29, 0.717) is 24.5 Å². The molecule has 1 aromatic carbocycles. The fraction of sp³-hybridized carbons (Fsp3) is 0.417. The molecular weight excluding hydrogens is 192 g/mol. The number of ketones is 1. The topological polar surface area (TPSA) is 35.5 Å². The van der Waals surface area contributed by atoms with Crippen LogP contribution in [0.15, 0.2) is 12.1 Å². The first-order chi connectivity index (χ1) is 7.22. The second-order valence-electron chi connectivity index (χ2n) is 3.54. The average molecular weight is 206 g/mol. The predicted octanol–water partition coefficient (Wildman–Crippen LogP) is 2.22. The molecule has 0 atom stereocenters. The fourth-order valence-corrected chi connectivity index (χ4v) is 1.75. The maximum Gasteiger partial charge on any atom is 0.163 e. The van der Waals surface area contributed by atoms with Gasteiger partial charge in [-0.25, -0.2) is 0 Å². The molecule has 0 aromatic heterocycles. The number of Topliss-reactive ketones (excluding diaryl/α,β-unsaturated/α-hetero) is 1. The molecule has 0 radical (unpaired) electrons. The molecule has 1 aromatic rings. The summed E-state index contributed by atoms with van der Waals surface area (Å²) in [5, 5.41) is 0. The van der Waals surface area contributed by atoms with E-state index in [9.17, 15) is 4.79 Å². The summed E-state index contributed by atoms with van der Waals surface area (Å²) in [6, 6.07) is 3.71. The van der Waals surface area contributed by atoms with E-state index in [0.717, 1.165) is 17.7 Å². The second-order valence-corrected chi connectivity index (χ2v) is 3.54. The highest BCUT2D eigenvalue weighted by Crippen LogP contribution is 2.33. The molecule has 3 nitrogen and oxygen atoms in total. The third-order valence-electron chi connectivity index (χ3n) is 2.47. The number of carbonyl (C=O) groups is 1. The summed E-state index contributed by atoms with van der Waals surface area (Å²) in [4.78, 5) is 11.4. The Balaban J connectivity index is 2.47. The highest BCUT2D eigenvalue weighted by atomic mass is 16.5. The van der Waals surface area contributed by atoms with Gasteiger partial charge in [0.2, 0.25) is 0 Å². The predicted molar refractivity (Wildman–Crippen MR) is 56.8 cm³/mol. The molecule has 3 heteroatoms. The van der Waals surface area contributed by atoms with E-state index in [1.165, 1.54) is 0 Å². The maximum absolute atomic E-state index is 11.4.